The Morgan fingerprint density at radius 2 is 0.833 bits per heavy atom. The number of rotatable bonds is 2. The van der Waals surface area contributed by atoms with Crippen LogP contribution in [0.15, 0.2) is 127 Å². The molecule has 4 heterocycles. The fourth-order valence-corrected chi connectivity index (χ4v) is 5.37. The summed E-state index contributed by atoms with van der Waals surface area (Å²) in [6.07, 6.45) is 2.50. The van der Waals surface area contributed by atoms with Crippen LogP contribution in [0.4, 0.5) is 0 Å². The fourth-order valence-electron chi connectivity index (χ4n) is 5.37. The topological polar surface area (TPSA) is 47.5 Å². The van der Waals surface area contributed by atoms with E-state index < -0.39 is 0 Å². The molecule has 0 saturated carbocycles. The Labute approximate surface area is 327 Å². The van der Waals surface area contributed by atoms with Crippen molar-refractivity contribution in [3.05, 3.63) is 139 Å². The molecule has 54 heavy (non-hydrogen) atoms. The van der Waals surface area contributed by atoms with Gasteiger partial charge in [0.15, 0.2) is 0 Å². The van der Waals surface area contributed by atoms with Crippen LogP contribution in [-0.4, -0.2) is 23.8 Å². The Hall–Kier alpha value is -5.29. The van der Waals surface area contributed by atoms with Crippen molar-refractivity contribution in [1.82, 2.24) is 23.8 Å². The minimum absolute atomic E-state index is 0.755. The molecule has 8 aromatic rings. The van der Waals surface area contributed by atoms with E-state index in [0.29, 0.717) is 0 Å². The molecule has 0 aliphatic heterocycles. The summed E-state index contributed by atoms with van der Waals surface area (Å²) in [5.41, 5.74) is 11.0. The molecule has 0 bridgehead atoms. The molecule has 0 aliphatic carbocycles. The molecule has 0 amide bonds. The summed E-state index contributed by atoms with van der Waals surface area (Å²) in [5.74, 6) is 0.755. The zero-order chi connectivity index (χ0) is 40.5. The summed E-state index contributed by atoms with van der Waals surface area (Å²) in [4.78, 5) is 13.8. The highest BCUT2D eigenvalue weighted by Crippen LogP contribution is 2.28. The number of hydrogen-bond donors (Lipinski definition) is 0. The van der Waals surface area contributed by atoms with Crippen LogP contribution in [0.5, 0.6) is 0 Å². The standard InChI is InChI=1S/C18H14N2.C17H13N3.2C3H8.4C2H6/c1-13-11-17(14-7-3-2-4-8-14)20-16-10-6-5-9-15(16)12-18(20)19-13;1-12-11-16(13-7-3-2-4-8-13)20-15-10-6-5-9-14(15)19-17(20)18-12;2*1-3-2;4*1-2/h2-12H,1H3;2-11H,1H3;2*3H2,1-2H3;4*1-2H3. The molecule has 5 heteroatoms. The second-order valence-corrected chi connectivity index (χ2v) is 11.3. The molecular formula is C49H67N5. The molecule has 5 nitrogen and oxygen atoms in total. The molecule has 0 aliphatic rings. The maximum absolute atomic E-state index is 4.66. The second-order valence-electron chi connectivity index (χ2n) is 11.3. The molecule has 4 aromatic carbocycles. The van der Waals surface area contributed by atoms with E-state index in [1.807, 2.05) is 99.6 Å². The average molecular weight is 726 g/mol. The third-order valence-electron chi connectivity index (χ3n) is 7.11. The Morgan fingerprint density at radius 3 is 1.35 bits per heavy atom. The molecule has 0 spiro atoms. The number of fused-ring (bicyclic) bond motifs is 6. The van der Waals surface area contributed by atoms with Crippen LogP contribution < -0.4 is 0 Å². The first kappa shape index (κ1) is 46.7. The molecule has 0 fully saturated rings. The number of aryl methyl sites for hydroxylation is 2. The van der Waals surface area contributed by atoms with Gasteiger partial charge in [-0.3, -0.25) is 8.80 Å². The Balaban J connectivity index is 0.000000407. The lowest BCUT2D eigenvalue weighted by Crippen LogP contribution is -1.96. The van der Waals surface area contributed by atoms with Gasteiger partial charge in [-0.05, 0) is 61.4 Å². The maximum Gasteiger partial charge on any atom is 0.235 e. The van der Waals surface area contributed by atoms with Gasteiger partial charge in [-0.25, -0.2) is 15.0 Å². The summed E-state index contributed by atoms with van der Waals surface area (Å²) in [7, 11) is 0. The SMILES string of the molecule is CC.CC.CC.CC.CCC.CCC.Cc1cc(-c2ccccc2)n2c(cc3ccccc32)n1.Cc1cc(-c2ccccc2)n2c(n1)nc1ccccc12. The number of hydrogen-bond acceptors (Lipinski definition) is 3. The summed E-state index contributed by atoms with van der Waals surface area (Å²) in [5, 5.41) is 1.22. The average Bonchev–Trinajstić information content (AvgIpc) is 3.80. The van der Waals surface area contributed by atoms with Gasteiger partial charge in [-0.2, -0.15) is 0 Å². The van der Waals surface area contributed by atoms with Gasteiger partial charge in [0, 0.05) is 16.8 Å². The highest BCUT2D eigenvalue weighted by Gasteiger charge is 2.12. The minimum atomic E-state index is 0.755. The van der Waals surface area contributed by atoms with Gasteiger partial charge >= 0.3 is 0 Å². The van der Waals surface area contributed by atoms with Crippen LogP contribution in [-0.2, 0) is 0 Å². The molecule has 288 valence electrons. The van der Waals surface area contributed by atoms with Crippen molar-refractivity contribution in [2.45, 2.75) is 110 Å². The van der Waals surface area contributed by atoms with Gasteiger partial charge < -0.3 is 0 Å². The molecule has 8 rings (SSSR count). The van der Waals surface area contributed by atoms with E-state index in [4.69, 9.17) is 0 Å². The van der Waals surface area contributed by atoms with E-state index in [1.165, 1.54) is 40.6 Å². The Bertz CT molecular complexity index is 2000. The highest BCUT2D eigenvalue weighted by molar-refractivity contribution is 5.88. The lowest BCUT2D eigenvalue weighted by molar-refractivity contribution is 1.09. The van der Waals surface area contributed by atoms with Gasteiger partial charge in [0.05, 0.1) is 27.9 Å². The summed E-state index contributed by atoms with van der Waals surface area (Å²) >= 11 is 0. The quantitative estimate of drug-likeness (QED) is 0.178. The first-order valence-electron chi connectivity index (χ1n) is 20.2. The number of imidazole rings is 1. The van der Waals surface area contributed by atoms with Gasteiger partial charge in [-0.1, -0.05) is 187 Å². The van der Waals surface area contributed by atoms with Crippen molar-refractivity contribution in [3.8, 4) is 22.5 Å². The molecule has 0 unspecified atom stereocenters. The van der Waals surface area contributed by atoms with Crippen LogP contribution in [0.25, 0.3) is 55.9 Å². The van der Waals surface area contributed by atoms with Crippen LogP contribution in [0.1, 0.15) is 107 Å². The van der Waals surface area contributed by atoms with Crippen LogP contribution in [0.2, 0.25) is 0 Å². The second kappa shape index (κ2) is 26.5. The first-order chi connectivity index (χ1) is 26.5. The third kappa shape index (κ3) is 12.4. The van der Waals surface area contributed by atoms with E-state index in [9.17, 15) is 0 Å². The molecule has 4 aromatic heterocycles. The van der Waals surface area contributed by atoms with Crippen LogP contribution in [0.3, 0.4) is 0 Å². The number of nitrogens with zero attached hydrogens (tertiary/aromatic N) is 5. The molecule has 0 radical (unpaired) electrons. The van der Waals surface area contributed by atoms with Gasteiger partial charge in [0.2, 0.25) is 5.78 Å². The summed E-state index contributed by atoms with van der Waals surface area (Å²) < 4.78 is 4.36. The van der Waals surface area contributed by atoms with Crippen LogP contribution >= 0.6 is 0 Å². The number of benzene rings is 4. The highest BCUT2D eigenvalue weighted by atomic mass is 15.1. The van der Waals surface area contributed by atoms with E-state index in [2.05, 4.69) is 149 Å². The Kier molecular flexibility index (Phi) is 22.9. The summed E-state index contributed by atoms with van der Waals surface area (Å²) in [6.45, 7) is 28.6. The molecule has 0 saturated heterocycles. The molecule has 0 atom stereocenters. The lowest BCUT2D eigenvalue weighted by atomic mass is 10.1. The van der Waals surface area contributed by atoms with Crippen molar-refractivity contribution in [3.63, 3.8) is 0 Å². The van der Waals surface area contributed by atoms with E-state index in [1.54, 1.807) is 0 Å². The van der Waals surface area contributed by atoms with E-state index >= 15 is 0 Å². The monoisotopic (exact) mass is 726 g/mol. The smallest absolute Gasteiger partial charge is 0.235 e. The Morgan fingerprint density at radius 1 is 0.426 bits per heavy atom. The van der Waals surface area contributed by atoms with Gasteiger partial charge in [-0.15, -0.1) is 0 Å². The minimum Gasteiger partial charge on any atom is -0.294 e. The van der Waals surface area contributed by atoms with Gasteiger partial charge in [0.25, 0.3) is 0 Å². The summed E-state index contributed by atoms with van der Waals surface area (Å²) in [6, 6.07) is 43.8. The normalized spacial score (nSPS) is 9.44. The number of aromatic nitrogens is 5. The van der Waals surface area contributed by atoms with E-state index in [0.717, 1.165) is 39.5 Å². The molecular weight excluding hydrogens is 659 g/mol. The largest absolute Gasteiger partial charge is 0.294 e. The number of para-hydroxylation sites is 3. The fraction of sp³-hybridized carbons (Fsp3) is 0.327. The molecule has 0 N–H and O–H groups in total. The maximum atomic E-state index is 4.66. The predicted octanol–water partition coefficient (Wildman–Crippen LogP) is 15.3. The predicted molar refractivity (Wildman–Crippen MR) is 241 cm³/mol. The van der Waals surface area contributed by atoms with Gasteiger partial charge in [0.1, 0.15) is 5.65 Å². The zero-order valence-corrected chi connectivity index (χ0v) is 35.8. The van der Waals surface area contributed by atoms with Crippen molar-refractivity contribution < 1.29 is 0 Å². The van der Waals surface area contributed by atoms with Crippen molar-refractivity contribution in [2.75, 3.05) is 0 Å². The first-order valence-corrected chi connectivity index (χ1v) is 20.2. The zero-order valence-electron chi connectivity index (χ0n) is 35.8. The van der Waals surface area contributed by atoms with Crippen molar-refractivity contribution in [2.24, 2.45) is 0 Å². The third-order valence-corrected chi connectivity index (χ3v) is 7.11. The van der Waals surface area contributed by atoms with Crippen molar-refractivity contribution in [1.29, 1.82) is 0 Å². The van der Waals surface area contributed by atoms with Crippen molar-refractivity contribution >= 4 is 33.4 Å². The van der Waals surface area contributed by atoms with E-state index in [-0.39, 0.29) is 0 Å². The van der Waals surface area contributed by atoms with Crippen LogP contribution in [0, 0.1) is 13.8 Å². The lowest BCUT2D eigenvalue weighted by Gasteiger charge is -2.08.